The van der Waals surface area contributed by atoms with Crippen molar-refractivity contribution in [3.8, 4) is 5.75 Å². The number of thioether (sulfide) groups is 1. The summed E-state index contributed by atoms with van der Waals surface area (Å²) in [6, 6.07) is 5.40. The number of esters is 1. The SMILES string of the molecule is CNC(=O)[C@H](CCC(=O)OC)NC(=O)[C@@H](CC(C)C)[C@H](CSc1ccc(O)cc1)C(=O)NO. The molecule has 1 rings (SSSR count). The lowest BCUT2D eigenvalue weighted by atomic mass is 9.84. The number of amides is 3. The van der Waals surface area contributed by atoms with Gasteiger partial charge in [0, 0.05) is 24.1 Å². The summed E-state index contributed by atoms with van der Waals surface area (Å²) in [5.74, 6) is -3.65. The van der Waals surface area contributed by atoms with Gasteiger partial charge in [-0.2, -0.15) is 0 Å². The number of hydroxylamine groups is 1. The number of carbonyl (C=O) groups excluding carboxylic acids is 4. The lowest BCUT2D eigenvalue weighted by molar-refractivity contribution is -0.142. The molecule has 11 heteroatoms. The molecule has 10 nitrogen and oxygen atoms in total. The van der Waals surface area contributed by atoms with Gasteiger partial charge < -0.3 is 20.5 Å². The normalized spacial score (nSPS) is 13.5. The van der Waals surface area contributed by atoms with Gasteiger partial charge in [0.05, 0.1) is 18.9 Å². The number of carbonyl (C=O) groups is 4. The van der Waals surface area contributed by atoms with E-state index in [4.69, 9.17) is 0 Å². The van der Waals surface area contributed by atoms with Crippen molar-refractivity contribution in [3.63, 3.8) is 0 Å². The summed E-state index contributed by atoms with van der Waals surface area (Å²) >= 11 is 1.30. The molecular formula is C22H33N3O7S. The molecular weight excluding hydrogens is 450 g/mol. The van der Waals surface area contributed by atoms with Gasteiger partial charge in [0.15, 0.2) is 0 Å². The Hall–Kier alpha value is -2.79. The van der Waals surface area contributed by atoms with E-state index in [1.165, 1.54) is 38.1 Å². The van der Waals surface area contributed by atoms with Crippen LogP contribution < -0.4 is 16.1 Å². The number of benzene rings is 1. The second kappa shape index (κ2) is 14.4. The number of aromatic hydroxyl groups is 1. The van der Waals surface area contributed by atoms with E-state index in [0.717, 1.165) is 4.90 Å². The van der Waals surface area contributed by atoms with E-state index in [9.17, 15) is 29.5 Å². The zero-order valence-corrected chi connectivity index (χ0v) is 20.1. The third-order valence-electron chi connectivity index (χ3n) is 5.01. The van der Waals surface area contributed by atoms with Gasteiger partial charge in [-0.3, -0.25) is 24.4 Å². The number of nitrogens with one attached hydrogen (secondary N) is 3. The number of likely N-dealkylation sites (N-methyl/N-ethyl adjacent to an activating group) is 1. The largest absolute Gasteiger partial charge is 0.508 e. The number of rotatable bonds is 13. The third-order valence-corrected chi connectivity index (χ3v) is 6.14. The maximum Gasteiger partial charge on any atom is 0.305 e. The van der Waals surface area contributed by atoms with Gasteiger partial charge in [-0.15, -0.1) is 11.8 Å². The van der Waals surface area contributed by atoms with Crippen LogP contribution in [0.4, 0.5) is 0 Å². The Morgan fingerprint density at radius 1 is 1.03 bits per heavy atom. The quantitative estimate of drug-likeness (QED) is 0.122. The molecule has 33 heavy (non-hydrogen) atoms. The van der Waals surface area contributed by atoms with Crippen LogP contribution >= 0.6 is 11.8 Å². The van der Waals surface area contributed by atoms with E-state index < -0.39 is 41.6 Å². The average Bonchev–Trinajstić information content (AvgIpc) is 2.80. The number of hydrogen-bond donors (Lipinski definition) is 5. The van der Waals surface area contributed by atoms with Crippen LogP contribution in [0.1, 0.15) is 33.1 Å². The van der Waals surface area contributed by atoms with E-state index in [2.05, 4.69) is 15.4 Å². The Balaban J connectivity index is 3.08. The van der Waals surface area contributed by atoms with E-state index in [-0.39, 0.29) is 30.3 Å². The molecule has 0 unspecified atom stereocenters. The molecule has 0 aliphatic heterocycles. The summed E-state index contributed by atoms with van der Waals surface area (Å²) in [4.78, 5) is 50.3. The monoisotopic (exact) mass is 483 g/mol. The predicted molar refractivity (Wildman–Crippen MR) is 122 cm³/mol. The molecule has 0 radical (unpaired) electrons. The molecule has 0 aliphatic rings. The Morgan fingerprint density at radius 2 is 1.67 bits per heavy atom. The van der Waals surface area contributed by atoms with Crippen molar-refractivity contribution in [2.45, 2.75) is 44.0 Å². The van der Waals surface area contributed by atoms with Crippen LogP contribution in [0.2, 0.25) is 0 Å². The van der Waals surface area contributed by atoms with E-state index in [0.29, 0.717) is 6.42 Å². The van der Waals surface area contributed by atoms with Crippen molar-refractivity contribution < 1.29 is 34.2 Å². The number of ether oxygens (including phenoxy) is 1. The fourth-order valence-corrected chi connectivity index (χ4v) is 4.32. The van der Waals surface area contributed by atoms with Crippen molar-refractivity contribution in [1.82, 2.24) is 16.1 Å². The standard InChI is InChI=1S/C22H33N3O7S/c1-13(2)11-16(20(28)24-18(22(30)23-3)9-10-19(27)32-4)17(21(29)25-31)12-33-15-7-5-14(26)6-8-15/h5-8,13,16-18,26,31H,9-12H2,1-4H3,(H,23,30)(H,24,28)(H,25,29)/t16-,17-,18-/m0/s1. The Kier molecular flexibility index (Phi) is 12.3. The van der Waals surface area contributed by atoms with Gasteiger partial charge in [-0.25, -0.2) is 5.48 Å². The fraction of sp³-hybridized carbons (Fsp3) is 0.545. The molecule has 0 saturated carbocycles. The summed E-state index contributed by atoms with van der Waals surface area (Å²) in [6.45, 7) is 3.80. The zero-order chi connectivity index (χ0) is 25.0. The molecule has 0 saturated heterocycles. The van der Waals surface area contributed by atoms with Crippen molar-refractivity contribution in [2.75, 3.05) is 19.9 Å². The highest BCUT2D eigenvalue weighted by atomic mass is 32.2. The first-order valence-electron chi connectivity index (χ1n) is 10.6. The Bertz CT molecular complexity index is 802. The van der Waals surface area contributed by atoms with Crippen molar-refractivity contribution >= 4 is 35.5 Å². The summed E-state index contributed by atoms with van der Waals surface area (Å²) in [6.07, 6.45) is 0.296. The molecule has 0 aromatic heterocycles. The topological polar surface area (TPSA) is 154 Å². The minimum absolute atomic E-state index is 0.0333. The first-order valence-corrected chi connectivity index (χ1v) is 11.6. The number of methoxy groups -OCH3 is 1. The van der Waals surface area contributed by atoms with Crippen LogP contribution in [-0.4, -0.2) is 60.0 Å². The molecule has 1 aromatic carbocycles. The third kappa shape index (κ3) is 9.70. The minimum atomic E-state index is -0.987. The molecule has 0 bridgehead atoms. The zero-order valence-electron chi connectivity index (χ0n) is 19.3. The second-order valence-corrected chi connectivity index (χ2v) is 9.01. The first kappa shape index (κ1) is 28.2. The van der Waals surface area contributed by atoms with Gasteiger partial charge in [0.2, 0.25) is 17.7 Å². The van der Waals surface area contributed by atoms with Gasteiger partial charge in [-0.05, 0) is 43.0 Å². The van der Waals surface area contributed by atoms with Crippen LogP contribution in [0.25, 0.3) is 0 Å². The molecule has 1 aromatic rings. The highest BCUT2D eigenvalue weighted by Gasteiger charge is 2.36. The maximum absolute atomic E-state index is 13.2. The summed E-state index contributed by atoms with van der Waals surface area (Å²) in [7, 11) is 2.65. The number of phenolic OH excluding ortho intramolecular Hbond substituents is 1. The molecule has 0 spiro atoms. The summed E-state index contributed by atoms with van der Waals surface area (Å²) < 4.78 is 4.60. The number of phenols is 1. The van der Waals surface area contributed by atoms with Crippen LogP contribution in [0.5, 0.6) is 5.75 Å². The highest BCUT2D eigenvalue weighted by Crippen LogP contribution is 2.29. The molecule has 0 fully saturated rings. The maximum atomic E-state index is 13.2. The van der Waals surface area contributed by atoms with Crippen molar-refractivity contribution in [2.24, 2.45) is 17.8 Å². The Labute approximate surface area is 197 Å². The average molecular weight is 484 g/mol. The Morgan fingerprint density at radius 3 is 2.18 bits per heavy atom. The second-order valence-electron chi connectivity index (χ2n) is 7.91. The van der Waals surface area contributed by atoms with Gasteiger partial charge in [0.1, 0.15) is 11.8 Å². The lowest BCUT2D eigenvalue weighted by Gasteiger charge is -2.28. The van der Waals surface area contributed by atoms with Crippen LogP contribution in [0.3, 0.4) is 0 Å². The highest BCUT2D eigenvalue weighted by molar-refractivity contribution is 7.99. The molecule has 5 N–H and O–H groups in total. The van der Waals surface area contributed by atoms with E-state index >= 15 is 0 Å². The smallest absolute Gasteiger partial charge is 0.305 e. The molecule has 0 aliphatic carbocycles. The van der Waals surface area contributed by atoms with Crippen LogP contribution in [-0.2, 0) is 23.9 Å². The van der Waals surface area contributed by atoms with E-state index in [1.807, 2.05) is 13.8 Å². The van der Waals surface area contributed by atoms with Crippen molar-refractivity contribution in [3.05, 3.63) is 24.3 Å². The van der Waals surface area contributed by atoms with Gasteiger partial charge in [0.25, 0.3) is 0 Å². The van der Waals surface area contributed by atoms with Gasteiger partial charge in [-0.1, -0.05) is 13.8 Å². The lowest BCUT2D eigenvalue weighted by Crippen LogP contribution is -2.51. The summed E-state index contributed by atoms with van der Waals surface area (Å²) in [5.41, 5.74) is 1.64. The molecule has 3 atom stereocenters. The molecule has 184 valence electrons. The molecule has 0 heterocycles. The first-order chi connectivity index (χ1) is 15.6. The fourth-order valence-electron chi connectivity index (χ4n) is 3.23. The minimum Gasteiger partial charge on any atom is -0.508 e. The molecule has 3 amide bonds. The van der Waals surface area contributed by atoms with Crippen LogP contribution in [0, 0.1) is 17.8 Å². The van der Waals surface area contributed by atoms with Crippen LogP contribution in [0.15, 0.2) is 29.2 Å². The van der Waals surface area contributed by atoms with Gasteiger partial charge >= 0.3 is 5.97 Å². The predicted octanol–water partition coefficient (Wildman–Crippen LogP) is 1.45. The number of hydrogen-bond acceptors (Lipinski definition) is 8. The van der Waals surface area contributed by atoms with E-state index in [1.54, 1.807) is 17.6 Å². The van der Waals surface area contributed by atoms with Crippen molar-refractivity contribution in [1.29, 1.82) is 0 Å². The summed E-state index contributed by atoms with van der Waals surface area (Å²) in [5, 5.41) is 23.8.